The van der Waals surface area contributed by atoms with E-state index in [1.807, 2.05) is 24.3 Å². The molecule has 1 atom stereocenters. The van der Waals surface area contributed by atoms with Crippen molar-refractivity contribution >= 4 is 11.4 Å². The Bertz CT molecular complexity index is 672. The van der Waals surface area contributed by atoms with Crippen LogP contribution in [0.1, 0.15) is 11.6 Å². The first kappa shape index (κ1) is 16.4. The first-order valence-electron chi connectivity index (χ1n) is 8.10. The van der Waals surface area contributed by atoms with Crippen LogP contribution < -0.4 is 5.32 Å². The molecule has 1 aliphatic heterocycles. The van der Waals surface area contributed by atoms with Crippen molar-refractivity contribution in [1.29, 1.82) is 0 Å². The van der Waals surface area contributed by atoms with Gasteiger partial charge in [-0.1, -0.05) is 42.5 Å². The van der Waals surface area contributed by atoms with Gasteiger partial charge in [-0.3, -0.25) is 15.0 Å². The van der Waals surface area contributed by atoms with Crippen molar-refractivity contribution in [3.63, 3.8) is 0 Å². The molecule has 0 spiro atoms. The van der Waals surface area contributed by atoms with E-state index in [1.54, 1.807) is 12.1 Å². The first-order valence-corrected chi connectivity index (χ1v) is 8.10. The highest BCUT2D eigenvalue weighted by atomic mass is 16.6. The maximum absolute atomic E-state index is 11.2. The molecule has 0 aliphatic carbocycles. The molecule has 0 saturated carbocycles. The van der Waals surface area contributed by atoms with Crippen LogP contribution in [0.25, 0.3) is 0 Å². The fourth-order valence-electron chi connectivity index (χ4n) is 3.01. The molecule has 24 heavy (non-hydrogen) atoms. The molecule has 2 aromatic carbocycles. The molecular weight excluding hydrogens is 306 g/mol. The van der Waals surface area contributed by atoms with Gasteiger partial charge in [0.2, 0.25) is 0 Å². The molecule has 1 fully saturated rings. The summed E-state index contributed by atoms with van der Waals surface area (Å²) in [7, 11) is 0. The minimum Gasteiger partial charge on any atom is -0.379 e. The summed E-state index contributed by atoms with van der Waals surface area (Å²) in [5, 5.41) is 14.4. The van der Waals surface area contributed by atoms with Gasteiger partial charge in [0.05, 0.1) is 24.2 Å². The van der Waals surface area contributed by atoms with Crippen molar-refractivity contribution in [2.45, 2.75) is 6.04 Å². The predicted octanol–water partition coefficient (Wildman–Crippen LogP) is 3.08. The van der Waals surface area contributed by atoms with Crippen molar-refractivity contribution in [2.24, 2.45) is 0 Å². The second-order valence-electron chi connectivity index (χ2n) is 5.73. The number of para-hydroxylation sites is 2. The van der Waals surface area contributed by atoms with Crippen LogP contribution in [0.3, 0.4) is 0 Å². The molecule has 3 rings (SSSR count). The Morgan fingerprint density at radius 2 is 1.75 bits per heavy atom. The average molecular weight is 327 g/mol. The van der Waals surface area contributed by atoms with Crippen molar-refractivity contribution in [1.82, 2.24) is 4.90 Å². The molecule has 1 N–H and O–H groups in total. The lowest BCUT2D eigenvalue weighted by Crippen LogP contribution is -2.41. The fraction of sp³-hybridized carbons (Fsp3) is 0.333. The number of nitrogens with one attached hydrogen (secondary N) is 1. The largest absolute Gasteiger partial charge is 0.379 e. The van der Waals surface area contributed by atoms with Crippen LogP contribution in [-0.2, 0) is 4.74 Å². The molecular formula is C18H21N3O3. The lowest BCUT2D eigenvalue weighted by atomic mass is 10.0. The number of hydrogen-bond donors (Lipinski definition) is 1. The highest BCUT2D eigenvalue weighted by Crippen LogP contribution is 2.26. The van der Waals surface area contributed by atoms with Gasteiger partial charge in [0.1, 0.15) is 5.69 Å². The standard InChI is InChI=1S/C18H21N3O3/c22-21(23)17-9-5-4-8-16(17)19-14-18(15-6-2-1-3-7-15)20-10-12-24-13-11-20/h1-9,18-19H,10-14H2/t18-/m1/s1. The van der Waals surface area contributed by atoms with Crippen molar-refractivity contribution in [3.05, 3.63) is 70.3 Å². The summed E-state index contributed by atoms with van der Waals surface area (Å²) >= 11 is 0. The third-order valence-electron chi connectivity index (χ3n) is 4.26. The molecule has 1 aliphatic rings. The highest BCUT2D eigenvalue weighted by molar-refractivity contribution is 5.61. The Morgan fingerprint density at radius 1 is 1.08 bits per heavy atom. The monoisotopic (exact) mass is 327 g/mol. The molecule has 1 heterocycles. The smallest absolute Gasteiger partial charge is 0.292 e. The number of ether oxygens (including phenoxy) is 1. The molecule has 0 amide bonds. The highest BCUT2D eigenvalue weighted by Gasteiger charge is 2.23. The summed E-state index contributed by atoms with van der Waals surface area (Å²) in [5.74, 6) is 0. The summed E-state index contributed by atoms with van der Waals surface area (Å²) in [4.78, 5) is 13.2. The zero-order valence-corrected chi connectivity index (χ0v) is 13.4. The predicted molar refractivity (Wildman–Crippen MR) is 93.2 cm³/mol. The summed E-state index contributed by atoms with van der Waals surface area (Å²) < 4.78 is 5.45. The van der Waals surface area contributed by atoms with Crippen LogP contribution >= 0.6 is 0 Å². The van der Waals surface area contributed by atoms with E-state index in [4.69, 9.17) is 4.74 Å². The summed E-state index contributed by atoms with van der Waals surface area (Å²) in [6.45, 7) is 3.76. The van der Waals surface area contributed by atoms with Crippen LogP contribution in [0.2, 0.25) is 0 Å². The number of nitro groups is 1. The maximum atomic E-state index is 11.2. The van der Waals surface area contributed by atoms with Crippen molar-refractivity contribution in [3.8, 4) is 0 Å². The number of anilines is 1. The van der Waals surface area contributed by atoms with E-state index < -0.39 is 0 Å². The first-order chi connectivity index (χ1) is 11.8. The summed E-state index contributed by atoms with van der Waals surface area (Å²) in [6.07, 6.45) is 0. The zero-order chi connectivity index (χ0) is 16.8. The van der Waals surface area contributed by atoms with Gasteiger partial charge in [-0.25, -0.2) is 0 Å². The normalized spacial score (nSPS) is 16.5. The van der Waals surface area contributed by atoms with E-state index in [0.29, 0.717) is 12.2 Å². The van der Waals surface area contributed by atoms with Gasteiger partial charge in [-0.2, -0.15) is 0 Å². The van der Waals surface area contributed by atoms with Gasteiger partial charge in [0, 0.05) is 25.7 Å². The Balaban J connectivity index is 1.78. The van der Waals surface area contributed by atoms with E-state index in [9.17, 15) is 10.1 Å². The van der Waals surface area contributed by atoms with Crippen LogP contribution in [0, 0.1) is 10.1 Å². The number of nitro benzene ring substituents is 1. The SMILES string of the molecule is O=[N+]([O-])c1ccccc1NC[C@H](c1ccccc1)N1CCOCC1. The van der Waals surface area contributed by atoms with E-state index in [0.717, 1.165) is 26.3 Å². The van der Waals surface area contributed by atoms with E-state index in [2.05, 4.69) is 22.3 Å². The fourth-order valence-corrected chi connectivity index (χ4v) is 3.01. The number of nitrogens with zero attached hydrogens (tertiary/aromatic N) is 2. The molecule has 0 radical (unpaired) electrons. The molecule has 6 heteroatoms. The number of rotatable bonds is 6. The number of hydrogen-bond acceptors (Lipinski definition) is 5. The molecule has 2 aromatic rings. The molecule has 126 valence electrons. The Labute approximate surface area is 141 Å². The Kier molecular flexibility index (Phi) is 5.40. The third-order valence-corrected chi connectivity index (χ3v) is 4.26. The molecule has 0 unspecified atom stereocenters. The average Bonchev–Trinajstić information content (AvgIpc) is 2.64. The second kappa shape index (κ2) is 7.90. The lowest BCUT2D eigenvalue weighted by Gasteiger charge is -2.35. The van der Waals surface area contributed by atoms with E-state index in [-0.39, 0.29) is 16.7 Å². The van der Waals surface area contributed by atoms with Crippen LogP contribution in [0.5, 0.6) is 0 Å². The van der Waals surface area contributed by atoms with Gasteiger partial charge in [0.15, 0.2) is 0 Å². The third kappa shape index (κ3) is 3.90. The van der Waals surface area contributed by atoms with Crippen LogP contribution in [0.4, 0.5) is 11.4 Å². The van der Waals surface area contributed by atoms with Crippen molar-refractivity contribution in [2.75, 3.05) is 38.2 Å². The zero-order valence-electron chi connectivity index (χ0n) is 13.4. The van der Waals surface area contributed by atoms with Crippen LogP contribution in [0.15, 0.2) is 54.6 Å². The molecule has 6 nitrogen and oxygen atoms in total. The molecule has 0 aromatic heterocycles. The quantitative estimate of drug-likeness (QED) is 0.652. The molecule has 1 saturated heterocycles. The topological polar surface area (TPSA) is 67.6 Å². The van der Waals surface area contributed by atoms with Gasteiger partial charge in [0.25, 0.3) is 5.69 Å². The number of benzene rings is 2. The Morgan fingerprint density at radius 3 is 2.46 bits per heavy atom. The summed E-state index contributed by atoms with van der Waals surface area (Å²) in [5.41, 5.74) is 1.86. The van der Waals surface area contributed by atoms with Gasteiger partial charge >= 0.3 is 0 Å². The van der Waals surface area contributed by atoms with Crippen LogP contribution in [-0.4, -0.2) is 42.7 Å². The minimum atomic E-state index is -0.353. The van der Waals surface area contributed by atoms with Gasteiger partial charge < -0.3 is 10.1 Å². The second-order valence-corrected chi connectivity index (χ2v) is 5.73. The maximum Gasteiger partial charge on any atom is 0.292 e. The Hall–Kier alpha value is -2.44. The van der Waals surface area contributed by atoms with Gasteiger partial charge in [-0.15, -0.1) is 0 Å². The number of morpholine rings is 1. The van der Waals surface area contributed by atoms with Gasteiger partial charge in [-0.05, 0) is 11.6 Å². The van der Waals surface area contributed by atoms with Crippen molar-refractivity contribution < 1.29 is 9.66 Å². The van der Waals surface area contributed by atoms with E-state index >= 15 is 0 Å². The van der Waals surface area contributed by atoms with E-state index in [1.165, 1.54) is 11.6 Å². The summed E-state index contributed by atoms with van der Waals surface area (Å²) in [6, 6.07) is 17.1. The molecule has 0 bridgehead atoms. The minimum absolute atomic E-state index is 0.103. The lowest BCUT2D eigenvalue weighted by molar-refractivity contribution is -0.384.